The van der Waals surface area contributed by atoms with Crippen LogP contribution in [-0.4, -0.2) is 17.6 Å². The third-order valence-electron chi connectivity index (χ3n) is 3.49. The topological polar surface area (TPSA) is 43.6 Å². The van der Waals surface area contributed by atoms with Crippen molar-refractivity contribution in [1.29, 1.82) is 0 Å². The number of allylic oxidation sites excluding steroid dienone is 1. The number of amides is 1. The highest BCUT2D eigenvalue weighted by atomic mass is 32.1. The van der Waals surface area contributed by atoms with E-state index < -0.39 is 0 Å². The molecule has 0 aliphatic carbocycles. The summed E-state index contributed by atoms with van der Waals surface area (Å²) in [7, 11) is 1.57. The normalized spacial score (nSPS) is 11.7. The molecule has 0 saturated heterocycles. The molecule has 1 heterocycles. The van der Waals surface area contributed by atoms with E-state index >= 15 is 0 Å². The summed E-state index contributed by atoms with van der Waals surface area (Å²) in [4.78, 5) is 17.1. The zero-order valence-electron chi connectivity index (χ0n) is 13.0. The van der Waals surface area contributed by atoms with Crippen LogP contribution in [0.1, 0.15) is 10.4 Å². The number of benzene rings is 2. The maximum absolute atomic E-state index is 13.4. The highest BCUT2D eigenvalue weighted by Gasteiger charge is 2.09. The minimum atomic E-state index is -0.359. The van der Waals surface area contributed by atoms with Gasteiger partial charge in [-0.15, -0.1) is 6.58 Å². The van der Waals surface area contributed by atoms with Gasteiger partial charge in [0.2, 0.25) is 0 Å². The number of halogens is 1. The quantitative estimate of drug-likeness (QED) is 0.677. The third-order valence-corrected chi connectivity index (χ3v) is 4.53. The van der Waals surface area contributed by atoms with Gasteiger partial charge in [0.25, 0.3) is 5.91 Å². The summed E-state index contributed by atoms with van der Waals surface area (Å²) in [5.41, 5.74) is 1.28. The summed E-state index contributed by atoms with van der Waals surface area (Å²) in [5, 5.41) is 0. The molecular weight excluding hydrogens is 327 g/mol. The molecule has 0 aliphatic rings. The molecular formula is C18H15FN2O2S. The molecule has 0 N–H and O–H groups in total. The molecule has 6 heteroatoms. The van der Waals surface area contributed by atoms with E-state index in [0.717, 1.165) is 10.2 Å². The van der Waals surface area contributed by atoms with Crippen LogP contribution in [0.5, 0.6) is 5.75 Å². The van der Waals surface area contributed by atoms with E-state index in [-0.39, 0.29) is 11.7 Å². The van der Waals surface area contributed by atoms with Crippen molar-refractivity contribution >= 4 is 27.5 Å². The van der Waals surface area contributed by atoms with Crippen molar-refractivity contribution in [2.75, 3.05) is 7.11 Å². The number of hydrogen-bond acceptors (Lipinski definition) is 3. The first kappa shape index (κ1) is 16.1. The third kappa shape index (κ3) is 3.14. The lowest BCUT2D eigenvalue weighted by Gasteiger charge is -2.01. The van der Waals surface area contributed by atoms with Crippen LogP contribution in [0.2, 0.25) is 0 Å². The molecule has 3 aromatic rings. The first-order valence-corrected chi connectivity index (χ1v) is 8.07. The van der Waals surface area contributed by atoms with E-state index in [2.05, 4.69) is 11.6 Å². The summed E-state index contributed by atoms with van der Waals surface area (Å²) in [6.07, 6.45) is 1.71. The van der Waals surface area contributed by atoms with Gasteiger partial charge in [-0.25, -0.2) is 4.39 Å². The Morgan fingerprint density at radius 3 is 2.75 bits per heavy atom. The molecule has 1 aromatic heterocycles. The molecule has 0 aliphatic heterocycles. The van der Waals surface area contributed by atoms with Crippen LogP contribution >= 0.6 is 11.3 Å². The van der Waals surface area contributed by atoms with Crippen LogP contribution in [0.4, 0.5) is 4.39 Å². The van der Waals surface area contributed by atoms with Gasteiger partial charge in [-0.1, -0.05) is 17.4 Å². The molecule has 0 atom stereocenters. The van der Waals surface area contributed by atoms with Crippen LogP contribution in [-0.2, 0) is 6.54 Å². The largest absolute Gasteiger partial charge is 0.497 e. The summed E-state index contributed by atoms with van der Waals surface area (Å²) in [5.74, 6) is -0.00404. The molecule has 0 unspecified atom stereocenters. The lowest BCUT2D eigenvalue weighted by Crippen LogP contribution is -2.16. The Labute approximate surface area is 142 Å². The highest BCUT2D eigenvalue weighted by molar-refractivity contribution is 7.16. The van der Waals surface area contributed by atoms with Crippen molar-refractivity contribution in [2.45, 2.75) is 6.54 Å². The summed E-state index contributed by atoms with van der Waals surface area (Å²) in [6.45, 7) is 4.21. The van der Waals surface area contributed by atoms with Crippen molar-refractivity contribution < 1.29 is 13.9 Å². The van der Waals surface area contributed by atoms with Gasteiger partial charge in [-0.05, 0) is 42.5 Å². The molecule has 4 nitrogen and oxygen atoms in total. The van der Waals surface area contributed by atoms with Crippen LogP contribution in [0, 0.1) is 5.82 Å². The number of fused-ring (bicyclic) bond motifs is 1. The average molecular weight is 342 g/mol. The number of ether oxygens (including phenoxy) is 1. The van der Waals surface area contributed by atoms with Crippen LogP contribution < -0.4 is 9.54 Å². The standard InChI is InChI=1S/C18H15FN2O2S/c1-3-10-21-15-9-6-13(19)11-16(15)24-18(21)20-17(22)12-4-7-14(23-2)8-5-12/h3-9,11H,1,10H2,2H3. The Morgan fingerprint density at radius 1 is 1.33 bits per heavy atom. The van der Waals surface area contributed by atoms with Crippen LogP contribution in [0.25, 0.3) is 10.2 Å². The second-order valence-corrected chi connectivity index (χ2v) is 6.05. The lowest BCUT2D eigenvalue weighted by atomic mass is 10.2. The minimum absolute atomic E-state index is 0.317. The van der Waals surface area contributed by atoms with Gasteiger partial charge in [0, 0.05) is 12.1 Å². The number of nitrogens with zero attached hydrogens (tertiary/aromatic N) is 2. The van der Waals surface area contributed by atoms with Crippen LogP contribution in [0.15, 0.2) is 60.1 Å². The average Bonchev–Trinajstić information content (AvgIpc) is 2.91. The maximum Gasteiger partial charge on any atom is 0.279 e. The number of carbonyl (C=O) groups excluding carboxylic acids is 1. The number of thiazole rings is 1. The van der Waals surface area contributed by atoms with Gasteiger partial charge >= 0.3 is 0 Å². The summed E-state index contributed by atoms with van der Waals surface area (Å²) >= 11 is 1.27. The zero-order valence-corrected chi connectivity index (χ0v) is 13.8. The number of carbonyl (C=O) groups is 1. The Kier molecular flexibility index (Phi) is 4.57. The van der Waals surface area contributed by atoms with Crippen molar-refractivity contribution in [3.63, 3.8) is 0 Å². The van der Waals surface area contributed by atoms with E-state index in [1.54, 1.807) is 43.5 Å². The molecule has 3 rings (SSSR count). The molecule has 0 bridgehead atoms. The molecule has 24 heavy (non-hydrogen) atoms. The lowest BCUT2D eigenvalue weighted by molar-refractivity contribution is 0.0998. The first-order chi connectivity index (χ1) is 11.6. The molecule has 0 spiro atoms. The van der Waals surface area contributed by atoms with Crippen molar-refractivity contribution in [2.24, 2.45) is 4.99 Å². The summed E-state index contributed by atoms with van der Waals surface area (Å²) in [6, 6.07) is 11.3. The van der Waals surface area contributed by atoms with E-state index in [9.17, 15) is 9.18 Å². The van der Waals surface area contributed by atoms with Gasteiger partial charge in [0.1, 0.15) is 11.6 Å². The Balaban J connectivity index is 2.08. The number of hydrogen-bond donors (Lipinski definition) is 0. The molecule has 1 amide bonds. The molecule has 0 fully saturated rings. The second kappa shape index (κ2) is 6.80. The van der Waals surface area contributed by atoms with Crippen molar-refractivity contribution in [3.8, 4) is 5.75 Å². The van der Waals surface area contributed by atoms with Crippen LogP contribution in [0.3, 0.4) is 0 Å². The minimum Gasteiger partial charge on any atom is -0.497 e. The predicted octanol–water partition coefficient (Wildman–Crippen LogP) is 3.78. The van der Waals surface area contributed by atoms with E-state index in [4.69, 9.17) is 4.74 Å². The Morgan fingerprint density at radius 2 is 2.08 bits per heavy atom. The van der Waals surface area contributed by atoms with Gasteiger partial charge < -0.3 is 9.30 Å². The highest BCUT2D eigenvalue weighted by Crippen LogP contribution is 2.19. The number of aromatic nitrogens is 1. The van der Waals surface area contributed by atoms with E-state index in [1.807, 2.05) is 4.57 Å². The predicted molar refractivity (Wildman–Crippen MR) is 92.9 cm³/mol. The van der Waals surface area contributed by atoms with Gasteiger partial charge in [0.15, 0.2) is 4.80 Å². The monoisotopic (exact) mass is 342 g/mol. The van der Waals surface area contributed by atoms with Gasteiger partial charge in [-0.2, -0.15) is 4.99 Å². The second-order valence-electron chi connectivity index (χ2n) is 5.04. The maximum atomic E-state index is 13.4. The molecule has 0 radical (unpaired) electrons. The molecule has 122 valence electrons. The van der Waals surface area contributed by atoms with E-state index in [0.29, 0.717) is 22.7 Å². The smallest absolute Gasteiger partial charge is 0.279 e. The van der Waals surface area contributed by atoms with Gasteiger partial charge in [-0.3, -0.25) is 4.79 Å². The fourth-order valence-electron chi connectivity index (χ4n) is 2.32. The summed E-state index contributed by atoms with van der Waals surface area (Å²) < 4.78 is 21.1. The Hall–Kier alpha value is -2.73. The Bertz CT molecular complexity index is 971. The van der Waals surface area contributed by atoms with Gasteiger partial charge in [0.05, 0.1) is 17.3 Å². The molecule has 2 aromatic carbocycles. The van der Waals surface area contributed by atoms with E-state index in [1.165, 1.54) is 23.5 Å². The SMILES string of the molecule is C=CCn1c(=NC(=O)c2ccc(OC)cc2)sc2cc(F)ccc21. The first-order valence-electron chi connectivity index (χ1n) is 7.25. The fraction of sp³-hybridized carbons (Fsp3) is 0.111. The zero-order chi connectivity index (χ0) is 17.1. The fourth-order valence-corrected chi connectivity index (χ4v) is 3.39. The van der Waals surface area contributed by atoms with Crippen molar-refractivity contribution in [1.82, 2.24) is 4.57 Å². The number of methoxy groups -OCH3 is 1. The molecule has 0 saturated carbocycles. The van der Waals surface area contributed by atoms with Crippen molar-refractivity contribution in [3.05, 3.63) is 71.3 Å². The number of rotatable bonds is 4.